The Bertz CT molecular complexity index is 584. The molecule has 1 aromatic carbocycles. The maximum atomic E-state index is 14.0. The summed E-state index contributed by atoms with van der Waals surface area (Å²) in [6.45, 7) is 0. The summed E-state index contributed by atoms with van der Waals surface area (Å²) in [4.78, 5) is -0.395. The first-order valence-corrected chi connectivity index (χ1v) is 8.94. The first-order valence-electron chi connectivity index (χ1n) is 6.67. The SMILES string of the molecule is Nc1cc(Br)c(F)c(S(=O)(=O)NC2CCCCCC2)c1. The predicted molar refractivity (Wildman–Crippen MR) is 80.3 cm³/mol. The van der Waals surface area contributed by atoms with Gasteiger partial charge in [-0.3, -0.25) is 0 Å². The van der Waals surface area contributed by atoms with Crippen LogP contribution in [0.25, 0.3) is 0 Å². The van der Waals surface area contributed by atoms with Gasteiger partial charge in [-0.05, 0) is 40.9 Å². The third-order valence-electron chi connectivity index (χ3n) is 3.48. The highest BCUT2D eigenvalue weighted by molar-refractivity contribution is 9.10. The van der Waals surface area contributed by atoms with Crippen molar-refractivity contribution in [2.75, 3.05) is 5.73 Å². The zero-order valence-electron chi connectivity index (χ0n) is 11.0. The smallest absolute Gasteiger partial charge is 0.243 e. The summed E-state index contributed by atoms with van der Waals surface area (Å²) in [6, 6.07) is 2.38. The summed E-state index contributed by atoms with van der Waals surface area (Å²) < 4.78 is 41.3. The summed E-state index contributed by atoms with van der Waals surface area (Å²) in [6.07, 6.45) is 5.83. The Kier molecular flexibility index (Phi) is 5.04. The Balaban J connectivity index is 2.26. The Morgan fingerprint density at radius 1 is 1.20 bits per heavy atom. The van der Waals surface area contributed by atoms with Gasteiger partial charge in [0.2, 0.25) is 10.0 Å². The van der Waals surface area contributed by atoms with Crippen LogP contribution in [-0.2, 0) is 10.0 Å². The van der Waals surface area contributed by atoms with E-state index in [1.54, 1.807) is 0 Å². The van der Waals surface area contributed by atoms with Crippen LogP contribution in [0.3, 0.4) is 0 Å². The van der Waals surface area contributed by atoms with Crippen LogP contribution in [0.1, 0.15) is 38.5 Å². The van der Waals surface area contributed by atoms with Gasteiger partial charge in [0, 0.05) is 11.7 Å². The molecule has 112 valence electrons. The molecule has 1 saturated carbocycles. The van der Waals surface area contributed by atoms with Gasteiger partial charge in [-0.1, -0.05) is 25.7 Å². The number of nitrogen functional groups attached to an aromatic ring is 1. The molecule has 7 heteroatoms. The lowest BCUT2D eigenvalue weighted by Gasteiger charge is -2.17. The molecule has 1 aromatic rings. The average molecular weight is 365 g/mol. The van der Waals surface area contributed by atoms with E-state index in [0.717, 1.165) is 44.6 Å². The largest absolute Gasteiger partial charge is 0.399 e. The van der Waals surface area contributed by atoms with Crippen LogP contribution in [-0.4, -0.2) is 14.5 Å². The van der Waals surface area contributed by atoms with E-state index < -0.39 is 20.7 Å². The second-order valence-corrected chi connectivity index (χ2v) is 7.66. The highest BCUT2D eigenvalue weighted by Crippen LogP contribution is 2.27. The minimum Gasteiger partial charge on any atom is -0.399 e. The van der Waals surface area contributed by atoms with Gasteiger partial charge in [-0.2, -0.15) is 0 Å². The Labute approximate surface area is 127 Å². The number of anilines is 1. The monoisotopic (exact) mass is 364 g/mol. The molecular formula is C13H18BrFN2O2S. The molecule has 0 saturated heterocycles. The quantitative estimate of drug-likeness (QED) is 0.638. The lowest BCUT2D eigenvalue weighted by molar-refractivity contribution is 0.503. The third kappa shape index (κ3) is 3.71. The molecule has 0 heterocycles. The van der Waals surface area contributed by atoms with Crippen LogP contribution >= 0.6 is 15.9 Å². The van der Waals surface area contributed by atoms with Gasteiger partial charge in [0.05, 0.1) is 4.47 Å². The first-order chi connectivity index (χ1) is 9.40. The molecule has 1 aliphatic rings. The highest BCUT2D eigenvalue weighted by Gasteiger charge is 2.25. The van der Waals surface area contributed by atoms with Crippen molar-refractivity contribution in [1.82, 2.24) is 4.72 Å². The summed E-state index contributed by atoms with van der Waals surface area (Å²) in [7, 11) is -3.89. The molecule has 0 amide bonds. The van der Waals surface area contributed by atoms with Crippen LogP contribution in [0.4, 0.5) is 10.1 Å². The van der Waals surface area contributed by atoms with Gasteiger partial charge < -0.3 is 5.73 Å². The molecule has 0 atom stereocenters. The maximum Gasteiger partial charge on any atom is 0.243 e. The lowest BCUT2D eigenvalue weighted by atomic mass is 10.1. The summed E-state index contributed by atoms with van der Waals surface area (Å²) in [5.41, 5.74) is 5.80. The summed E-state index contributed by atoms with van der Waals surface area (Å²) in [5.74, 6) is -0.805. The molecule has 0 unspecified atom stereocenters. The van der Waals surface area contributed by atoms with E-state index in [1.165, 1.54) is 6.07 Å². The second-order valence-electron chi connectivity index (χ2n) is 5.12. The number of sulfonamides is 1. The van der Waals surface area contributed by atoms with Crippen LogP contribution in [0, 0.1) is 5.82 Å². The second kappa shape index (κ2) is 6.41. The fourth-order valence-electron chi connectivity index (χ4n) is 2.46. The molecule has 2 rings (SSSR count). The zero-order chi connectivity index (χ0) is 14.8. The van der Waals surface area contributed by atoms with Crippen molar-refractivity contribution in [3.63, 3.8) is 0 Å². The van der Waals surface area contributed by atoms with Crippen LogP contribution < -0.4 is 10.5 Å². The van der Waals surface area contributed by atoms with Crippen molar-refractivity contribution in [1.29, 1.82) is 0 Å². The summed E-state index contributed by atoms with van der Waals surface area (Å²) in [5, 5.41) is 0. The van der Waals surface area contributed by atoms with Gasteiger partial charge in [0.15, 0.2) is 5.82 Å². The molecule has 0 bridgehead atoms. The third-order valence-corrected chi connectivity index (χ3v) is 5.58. The molecule has 0 aromatic heterocycles. The number of halogens is 2. The number of nitrogens with one attached hydrogen (secondary N) is 1. The number of hydrogen-bond acceptors (Lipinski definition) is 3. The first kappa shape index (κ1) is 15.7. The fourth-order valence-corrected chi connectivity index (χ4v) is 4.51. The normalized spacial score (nSPS) is 17.9. The molecule has 4 nitrogen and oxygen atoms in total. The highest BCUT2D eigenvalue weighted by atomic mass is 79.9. The number of hydrogen-bond donors (Lipinski definition) is 2. The molecule has 20 heavy (non-hydrogen) atoms. The zero-order valence-corrected chi connectivity index (χ0v) is 13.4. The fraction of sp³-hybridized carbons (Fsp3) is 0.538. The van der Waals surface area contributed by atoms with E-state index in [-0.39, 0.29) is 16.2 Å². The van der Waals surface area contributed by atoms with Crippen molar-refractivity contribution in [3.05, 3.63) is 22.4 Å². The molecule has 1 aliphatic carbocycles. The number of benzene rings is 1. The van der Waals surface area contributed by atoms with Gasteiger partial charge >= 0.3 is 0 Å². The molecular weight excluding hydrogens is 347 g/mol. The number of rotatable bonds is 3. The van der Waals surface area contributed by atoms with Crippen molar-refractivity contribution >= 4 is 31.6 Å². The van der Waals surface area contributed by atoms with Gasteiger partial charge in [-0.15, -0.1) is 0 Å². The Morgan fingerprint density at radius 3 is 2.40 bits per heavy atom. The molecule has 1 fully saturated rings. The maximum absolute atomic E-state index is 14.0. The minimum absolute atomic E-state index is 0.0544. The van der Waals surface area contributed by atoms with E-state index in [4.69, 9.17) is 5.73 Å². The lowest BCUT2D eigenvalue weighted by Crippen LogP contribution is -2.35. The van der Waals surface area contributed by atoms with E-state index in [1.807, 2.05) is 0 Å². The summed E-state index contributed by atoms with van der Waals surface area (Å²) >= 11 is 2.98. The van der Waals surface area contributed by atoms with Crippen LogP contribution in [0.2, 0.25) is 0 Å². The molecule has 0 spiro atoms. The van der Waals surface area contributed by atoms with E-state index in [0.29, 0.717) is 0 Å². The van der Waals surface area contributed by atoms with Crippen molar-refractivity contribution in [2.45, 2.75) is 49.5 Å². The van der Waals surface area contributed by atoms with Crippen LogP contribution in [0.15, 0.2) is 21.5 Å². The molecule has 0 aliphatic heterocycles. The number of nitrogens with two attached hydrogens (primary N) is 1. The topological polar surface area (TPSA) is 72.2 Å². The van der Waals surface area contributed by atoms with Crippen molar-refractivity contribution in [2.24, 2.45) is 0 Å². The van der Waals surface area contributed by atoms with Crippen molar-refractivity contribution < 1.29 is 12.8 Å². The van der Waals surface area contributed by atoms with Gasteiger partial charge in [0.1, 0.15) is 4.90 Å². The average Bonchev–Trinajstić information content (AvgIpc) is 2.61. The standard InChI is InChI=1S/C13H18BrFN2O2S/c14-11-7-9(16)8-12(13(11)15)20(18,19)17-10-5-3-1-2-4-6-10/h7-8,10,17H,1-6,16H2. The Hall–Kier alpha value is -0.660. The van der Waals surface area contributed by atoms with Gasteiger partial charge in [0.25, 0.3) is 0 Å². The predicted octanol–water partition coefficient (Wildman–Crippen LogP) is 3.17. The van der Waals surface area contributed by atoms with E-state index in [9.17, 15) is 12.8 Å². The molecule has 3 N–H and O–H groups in total. The Morgan fingerprint density at radius 2 is 1.80 bits per heavy atom. The molecule has 0 radical (unpaired) electrons. The van der Waals surface area contributed by atoms with E-state index >= 15 is 0 Å². The van der Waals surface area contributed by atoms with E-state index in [2.05, 4.69) is 20.7 Å². The van der Waals surface area contributed by atoms with Crippen molar-refractivity contribution in [3.8, 4) is 0 Å². The van der Waals surface area contributed by atoms with Crippen LogP contribution in [0.5, 0.6) is 0 Å². The minimum atomic E-state index is -3.89. The van der Waals surface area contributed by atoms with Gasteiger partial charge in [-0.25, -0.2) is 17.5 Å².